The van der Waals surface area contributed by atoms with Gasteiger partial charge in [0.1, 0.15) is 9.88 Å². The lowest BCUT2D eigenvalue weighted by atomic mass is 9.92. The zero-order valence-corrected chi connectivity index (χ0v) is 12.2. The van der Waals surface area contributed by atoms with Gasteiger partial charge in [0.05, 0.1) is 9.90 Å². The summed E-state index contributed by atoms with van der Waals surface area (Å²) in [5.74, 6) is -1.58. The van der Waals surface area contributed by atoms with Gasteiger partial charge in [0.2, 0.25) is 0 Å². The molecular formula is C11H13Cl2NO3S. The third kappa shape index (κ3) is 2.96. The van der Waals surface area contributed by atoms with E-state index >= 15 is 0 Å². The molecule has 0 atom stereocenters. The number of carbonyl (C=O) groups is 2. The average molecular weight is 310 g/mol. The van der Waals surface area contributed by atoms with Crippen molar-refractivity contribution in [2.45, 2.75) is 32.2 Å². The van der Waals surface area contributed by atoms with E-state index in [-0.39, 0.29) is 9.90 Å². The predicted molar refractivity (Wildman–Crippen MR) is 72.8 cm³/mol. The first kappa shape index (κ1) is 15.3. The topological polar surface area (TPSA) is 66.4 Å². The minimum atomic E-state index is -1.27. The van der Waals surface area contributed by atoms with Gasteiger partial charge in [-0.3, -0.25) is 4.79 Å². The van der Waals surface area contributed by atoms with Gasteiger partial charge in [-0.25, -0.2) is 4.79 Å². The Morgan fingerprint density at radius 3 is 2.28 bits per heavy atom. The number of hydrogen-bond acceptors (Lipinski definition) is 3. The maximum atomic E-state index is 12.0. The van der Waals surface area contributed by atoms with E-state index in [2.05, 4.69) is 5.32 Å². The number of nitrogens with one attached hydrogen (secondary N) is 1. The Balaban J connectivity index is 2.99. The summed E-state index contributed by atoms with van der Waals surface area (Å²) in [6.07, 6.45) is 0.583. The molecule has 0 aliphatic heterocycles. The second-order valence-electron chi connectivity index (χ2n) is 3.79. The lowest BCUT2D eigenvalue weighted by molar-refractivity contribution is -0.144. The molecule has 0 aromatic carbocycles. The van der Waals surface area contributed by atoms with Gasteiger partial charge in [-0.05, 0) is 18.9 Å². The molecule has 1 aromatic heterocycles. The molecule has 0 aliphatic carbocycles. The normalized spacial score (nSPS) is 11.3. The molecule has 1 amide bonds. The summed E-state index contributed by atoms with van der Waals surface area (Å²) >= 11 is 12.7. The number of aliphatic carboxylic acids is 1. The van der Waals surface area contributed by atoms with E-state index in [1.807, 2.05) is 0 Å². The maximum Gasteiger partial charge on any atom is 0.329 e. The molecule has 0 unspecified atom stereocenters. The highest BCUT2D eigenvalue weighted by Crippen LogP contribution is 2.31. The number of amides is 1. The second-order valence-corrected chi connectivity index (χ2v) is 6.07. The summed E-state index contributed by atoms with van der Waals surface area (Å²) in [7, 11) is 0. The molecule has 1 aromatic rings. The van der Waals surface area contributed by atoms with Crippen LogP contribution in [0.3, 0.4) is 0 Å². The first-order valence-electron chi connectivity index (χ1n) is 5.37. The largest absolute Gasteiger partial charge is 0.480 e. The van der Waals surface area contributed by atoms with Crippen molar-refractivity contribution in [3.63, 3.8) is 0 Å². The average Bonchev–Trinajstić information content (AvgIpc) is 2.65. The lowest BCUT2D eigenvalue weighted by Crippen LogP contribution is -2.53. The SMILES string of the molecule is CCC(CC)(NC(=O)c1cc(Cl)sc1Cl)C(=O)O. The molecule has 0 bridgehead atoms. The Hall–Kier alpha value is -0.780. The van der Waals surface area contributed by atoms with E-state index in [4.69, 9.17) is 23.2 Å². The highest BCUT2D eigenvalue weighted by molar-refractivity contribution is 7.20. The van der Waals surface area contributed by atoms with E-state index < -0.39 is 17.4 Å². The number of carboxylic acids is 1. The van der Waals surface area contributed by atoms with Crippen LogP contribution in [0.1, 0.15) is 37.0 Å². The summed E-state index contributed by atoms with van der Waals surface area (Å²) < 4.78 is 0.642. The molecule has 1 heterocycles. The molecule has 100 valence electrons. The van der Waals surface area contributed by atoms with E-state index in [0.717, 1.165) is 11.3 Å². The smallest absolute Gasteiger partial charge is 0.329 e. The van der Waals surface area contributed by atoms with Crippen molar-refractivity contribution in [3.05, 3.63) is 20.3 Å². The van der Waals surface area contributed by atoms with Gasteiger partial charge in [0.15, 0.2) is 0 Å². The highest BCUT2D eigenvalue weighted by Gasteiger charge is 2.37. The number of rotatable bonds is 5. The lowest BCUT2D eigenvalue weighted by Gasteiger charge is -2.27. The Morgan fingerprint density at radius 2 is 1.94 bits per heavy atom. The molecule has 0 spiro atoms. The summed E-state index contributed by atoms with van der Waals surface area (Å²) in [4.78, 5) is 23.3. The molecule has 4 nitrogen and oxygen atoms in total. The summed E-state index contributed by atoms with van der Waals surface area (Å²) in [5, 5.41) is 11.7. The van der Waals surface area contributed by atoms with Crippen LogP contribution in [-0.2, 0) is 4.79 Å². The molecule has 1 rings (SSSR count). The van der Waals surface area contributed by atoms with Crippen LogP contribution in [0.2, 0.25) is 8.67 Å². The monoisotopic (exact) mass is 309 g/mol. The summed E-state index contributed by atoms with van der Waals surface area (Å²) in [6.45, 7) is 3.42. The van der Waals surface area contributed by atoms with Crippen LogP contribution < -0.4 is 5.32 Å². The van der Waals surface area contributed by atoms with Crippen molar-refractivity contribution in [3.8, 4) is 0 Å². The van der Waals surface area contributed by atoms with Crippen molar-refractivity contribution in [1.82, 2.24) is 5.32 Å². The molecule has 0 saturated heterocycles. The Kier molecular flexibility index (Phi) is 5.01. The minimum Gasteiger partial charge on any atom is -0.480 e. The van der Waals surface area contributed by atoms with Crippen molar-refractivity contribution < 1.29 is 14.7 Å². The first-order chi connectivity index (χ1) is 8.36. The fourth-order valence-corrected chi connectivity index (χ4v) is 3.02. The molecule has 0 radical (unpaired) electrons. The number of thiophene rings is 1. The predicted octanol–water partition coefficient (Wildman–Crippen LogP) is 3.43. The van der Waals surface area contributed by atoms with Gasteiger partial charge in [-0.2, -0.15) is 0 Å². The third-order valence-electron chi connectivity index (χ3n) is 2.87. The molecule has 0 fully saturated rings. The van der Waals surface area contributed by atoms with E-state index in [0.29, 0.717) is 17.2 Å². The van der Waals surface area contributed by atoms with E-state index in [9.17, 15) is 14.7 Å². The van der Waals surface area contributed by atoms with Crippen molar-refractivity contribution in [2.75, 3.05) is 0 Å². The van der Waals surface area contributed by atoms with Gasteiger partial charge >= 0.3 is 5.97 Å². The van der Waals surface area contributed by atoms with Gasteiger partial charge < -0.3 is 10.4 Å². The van der Waals surface area contributed by atoms with Crippen LogP contribution in [-0.4, -0.2) is 22.5 Å². The molecule has 0 aliphatic rings. The standard InChI is InChI=1S/C11H13Cl2NO3S/c1-3-11(4-2,10(16)17)14-9(15)6-5-7(12)18-8(6)13/h5H,3-4H2,1-2H3,(H,14,15)(H,16,17). The van der Waals surface area contributed by atoms with Gasteiger partial charge in [-0.15, -0.1) is 11.3 Å². The highest BCUT2D eigenvalue weighted by atomic mass is 35.5. The van der Waals surface area contributed by atoms with Gasteiger partial charge in [0.25, 0.3) is 5.91 Å². The van der Waals surface area contributed by atoms with Crippen molar-refractivity contribution in [2.24, 2.45) is 0 Å². The summed E-state index contributed by atoms with van der Waals surface area (Å²) in [5.41, 5.74) is -1.06. The Labute approximate surface area is 119 Å². The molecular weight excluding hydrogens is 297 g/mol. The second kappa shape index (κ2) is 5.91. The van der Waals surface area contributed by atoms with E-state index in [1.54, 1.807) is 13.8 Å². The Bertz CT molecular complexity index is 469. The first-order valence-corrected chi connectivity index (χ1v) is 6.94. The van der Waals surface area contributed by atoms with Crippen LogP contribution in [0, 0.1) is 0 Å². The number of carboxylic acid groups (broad SMARTS) is 1. The van der Waals surface area contributed by atoms with Crippen LogP contribution in [0.5, 0.6) is 0 Å². The van der Waals surface area contributed by atoms with E-state index in [1.165, 1.54) is 6.07 Å². The minimum absolute atomic E-state index is 0.208. The number of halogens is 2. The fraction of sp³-hybridized carbons (Fsp3) is 0.455. The van der Waals surface area contributed by atoms with Crippen LogP contribution in [0.25, 0.3) is 0 Å². The molecule has 18 heavy (non-hydrogen) atoms. The van der Waals surface area contributed by atoms with Crippen molar-refractivity contribution in [1.29, 1.82) is 0 Å². The molecule has 0 saturated carbocycles. The van der Waals surface area contributed by atoms with Gasteiger partial charge in [-0.1, -0.05) is 37.0 Å². The van der Waals surface area contributed by atoms with Crippen LogP contribution in [0.4, 0.5) is 0 Å². The summed E-state index contributed by atoms with van der Waals surface area (Å²) in [6, 6.07) is 1.43. The fourth-order valence-electron chi connectivity index (χ4n) is 1.56. The van der Waals surface area contributed by atoms with Gasteiger partial charge in [0, 0.05) is 0 Å². The van der Waals surface area contributed by atoms with Crippen LogP contribution >= 0.6 is 34.5 Å². The zero-order valence-electron chi connectivity index (χ0n) is 9.92. The number of carbonyl (C=O) groups excluding carboxylic acids is 1. The zero-order chi connectivity index (χ0) is 13.9. The molecule has 7 heteroatoms. The number of hydrogen-bond donors (Lipinski definition) is 2. The van der Waals surface area contributed by atoms with Crippen LogP contribution in [0.15, 0.2) is 6.07 Å². The van der Waals surface area contributed by atoms with Crippen molar-refractivity contribution >= 4 is 46.4 Å². The molecule has 2 N–H and O–H groups in total. The quantitative estimate of drug-likeness (QED) is 0.875. The third-order valence-corrected chi connectivity index (χ3v) is 4.36. The Morgan fingerprint density at radius 1 is 1.39 bits per heavy atom. The maximum absolute atomic E-state index is 12.0.